The van der Waals surface area contributed by atoms with E-state index in [9.17, 15) is 10.1 Å². The Morgan fingerprint density at radius 1 is 1.25 bits per heavy atom. The summed E-state index contributed by atoms with van der Waals surface area (Å²) in [5.74, 6) is 1.68. The third-order valence-electron chi connectivity index (χ3n) is 4.83. The summed E-state index contributed by atoms with van der Waals surface area (Å²) in [6, 6.07) is 10.6. The summed E-state index contributed by atoms with van der Waals surface area (Å²) >= 11 is 0. The van der Waals surface area contributed by atoms with Crippen molar-refractivity contribution in [2.24, 2.45) is 4.99 Å². The number of nitrogens with one attached hydrogen (secondary N) is 2. The fourth-order valence-corrected chi connectivity index (χ4v) is 3.37. The van der Waals surface area contributed by atoms with Crippen LogP contribution in [0.15, 0.2) is 52.1 Å². The highest BCUT2D eigenvalue weighted by atomic mass is 16.6. The van der Waals surface area contributed by atoms with Crippen LogP contribution >= 0.6 is 0 Å². The zero-order chi connectivity index (χ0) is 19.8. The Morgan fingerprint density at radius 2 is 2.00 bits per heavy atom. The van der Waals surface area contributed by atoms with Gasteiger partial charge in [-0.25, -0.2) is 4.99 Å². The monoisotopic (exact) mass is 385 g/mol. The van der Waals surface area contributed by atoms with Gasteiger partial charge in [-0.15, -0.1) is 0 Å². The Balaban J connectivity index is 1.63. The van der Waals surface area contributed by atoms with E-state index in [1.807, 2.05) is 19.1 Å². The quantitative estimate of drug-likeness (QED) is 0.314. The molecule has 0 spiro atoms. The lowest BCUT2D eigenvalue weighted by molar-refractivity contribution is -0.384. The van der Waals surface area contributed by atoms with Crippen LogP contribution < -0.4 is 10.6 Å². The predicted molar refractivity (Wildman–Crippen MR) is 108 cm³/mol. The van der Waals surface area contributed by atoms with E-state index in [2.05, 4.69) is 20.5 Å². The molecular weight excluding hydrogens is 358 g/mol. The van der Waals surface area contributed by atoms with Gasteiger partial charge in [-0.2, -0.15) is 0 Å². The summed E-state index contributed by atoms with van der Waals surface area (Å²) in [7, 11) is 0. The number of aliphatic imine (C=N–C) groups is 1. The first kappa shape index (κ1) is 19.9. The lowest BCUT2D eigenvalue weighted by Crippen LogP contribution is -2.42. The minimum Gasteiger partial charge on any atom is -0.468 e. The molecule has 0 saturated carbocycles. The molecule has 8 nitrogen and oxygen atoms in total. The number of nitrogens with zero attached hydrogens (tertiary/aromatic N) is 3. The molecule has 2 N–H and O–H groups in total. The van der Waals surface area contributed by atoms with Crippen molar-refractivity contribution in [2.75, 3.05) is 26.2 Å². The van der Waals surface area contributed by atoms with Gasteiger partial charge in [-0.1, -0.05) is 12.1 Å². The number of benzene rings is 1. The van der Waals surface area contributed by atoms with Crippen molar-refractivity contribution in [1.29, 1.82) is 0 Å². The van der Waals surface area contributed by atoms with Gasteiger partial charge in [0.1, 0.15) is 5.76 Å². The molecule has 1 saturated heterocycles. The number of likely N-dealkylation sites (tertiary alicyclic amines) is 1. The maximum absolute atomic E-state index is 10.8. The number of hydrogen-bond acceptors (Lipinski definition) is 5. The topological polar surface area (TPSA) is 95.9 Å². The largest absolute Gasteiger partial charge is 0.468 e. The summed E-state index contributed by atoms with van der Waals surface area (Å²) < 4.78 is 5.66. The number of hydrogen-bond donors (Lipinski definition) is 2. The van der Waals surface area contributed by atoms with Crippen LogP contribution in [0.4, 0.5) is 5.69 Å². The first-order chi connectivity index (χ1) is 13.7. The fraction of sp³-hybridized carbons (Fsp3) is 0.450. The molecule has 0 radical (unpaired) electrons. The van der Waals surface area contributed by atoms with Gasteiger partial charge in [0.2, 0.25) is 0 Å². The number of furan rings is 1. The summed E-state index contributed by atoms with van der Waals surface area (Å²) in [6.07, 6.45) is 4.14. The van der Waals surface area contributed by atoms with Crippen LogP contribution in [0.1, 0.15) is 37.1 Å². The molecule has 8 heteroatoms. The van der Waals surface area contributed by atoms with Crippen LogP contribution in [-0.2, 0) is 6.54 Å². The molecule has 1 aromatic heterocycles. The third kappa shape index (κ3) is 5.32. The van der Waals surface area contributed by atoms with Gasteiger partial charge in [0.25, 0.3) is 5.69 Å². The lowest BCUT2D eigenvalue weighted by atomic mass is 10.2. The number of nitro benzene ring substituents is 1. The minimum atomic E-state index is -0.397. The van der Waals surface area contributed by atoms with Gasteiger partial charge in [0.05, 0.1) is 23.8 Å². The molecule has 0 bridgehead atoms. The highest BCUT2D eigenvalue weighted by Gasteiger charge is 2.25. The van der Waals surface area contributed by atoms with Crippen LogP contribution in [0.5, 0.6) is 0 Å². The second kappa shape index (κ2) is 9.89. The van der Waals surface area contributed by atoms with E-state index in [0.29, 0.717) is 13.1 Å². The molecule has 28 heavy (non-hydrogen) atoms. The lowest BCUT2D eigenvalue weighted by Gasteiger charge is -2.26. The second-order valence-corrected chi connectivity index (χ2v) is 6.77. The molecule has 1 atom stereocenters. The van der Waals surface area contributed by atoms with Crippen LogP contribution in [0.25, 0.3) is 0 Å². The van der Waals surface area contributed by atoms with Crippen molar-refractivity contribution in [1.82, 2.24) is 15.5 Å². The maximum Gasteiger partial charge on any atom is 0.269 e. The van der Waals surface area contributed by atoms with Crippen LogP contribution in [0, 0.1) is 10.1 Å². The maximum atomic E-state index is 10.8. The Labute approximate surface area is 164 Å². The highest BCUT2D eigenvalue weighted by Crippen LogP contribution is 2.24. The van der Waals surface area contributed by atoms with Crippen molar-refractivity contribution in [3.8, 4) is 0 Å². The summed E-state index contributed by atoms with van der Waals surface area (Å²) in [5, 5.41) is 17.4. The average Bonchev–Trinajstić information content (AvgIpc) is 3.41. The molecule has 3 rings (SSSR count). The minimum absolute atomic E-state index is 0.0877. The van der Waals surface area contributed by atoms with Gasteiger partial charge in [-0.05, 0) is 50.6 Å². The van der Waals surface area contributed by atoms with E-state index in [1.54, 1.807) is 18.4 Å². The fourth-order valence-electron chi connectivity index (χ4n) is 3.37. The molecule has 150 valence electrons. The highest BCUT2D eigenvalue weighted by molar-refractivity contribution is 5.79. The van der Waals surface area contributed by atoms with Crippen LogP contribution in [0.3, 0.4) is 0 Å². The predicted octanol–water partition coefficient (Wildman–Crippen LogP) is 3.08. The number of guanidine groups is 1. The zero-order valence-corrected chi connectivity index (χ0v) is 16.1. The van der Waals surface area contributed by atoms with Crippen molar-refractivity contribution in [2.45, 2.75) is 32.4 Å². The molecule has 1 aliphatic rings. The Morgan fingerprint density at radius 3 is 2.61 bits per heavy atom. The summed E-state index contributed by atoms with van der Waals surface area (Å²) in [4.78, 5) is 17.4. The van der Waals surface area contributed by atoms with E-state index < -0.39 is 4.92 Å². The van der Waals surface area contributed by atoms with E-state index in [1.165, 1.54) is 25.0 Å². The molecule has 2 aromatic rings. The molecule has 2 heterocycles. The Hall–Kier alpha value is -2.87. The van der Waals surface area contributed by atoms with Crippen molar-refractivity contribution >= 4 is 11.6 Å². The number of rotatable bonds is 8. The SMILES string of the molecule is CCNC(=NCc1ccc([N+](=O)[O-])cc1)NCC(c1ccco1)N1CCCC1. The summed E-state index contributed by atoms with van der Waals surface area (Å²) in [6.45, 7) is 6.06. The normalized spacial score (nSPS) is 16.1. The van der Waals surface area contributed by atoms with E-state index in [4.69, 9.17) is 4.42 Å². The van der Waals surface area contributed by atoms with Gasteiger partial charge < -0.3 is 15.1 Å². The summed E-state index contributed by atoms with van der Waals surface area (Å²) in [5.41, 5.74) is 1.01. The molecular formula is C20H27N5O3. The van der Waals surface area contributed by atoms with E-state index >= 15 is 0 Å². The van der Waals surface area contributed by atoms with Crippen molar-refractivity contribution in [3.63, 3.8) is 0 Å². The standard InChI is InChI=1S/C20H27N5O3/c1-2-21-20(22-14-16-7-9-17(10-8-16)25(26)27)23-15-18(19-6-5-13-28-19)24-11-3-4-12-24/h5-10,13,18H,2-4,11-12,14-15H2,1H3,(H2,21,22,23). The van der Waals surface area contributed by atoms with Gasteiger partial charge >= 0.3 is 0 Å². The third-order valence-corrected chi connectivity index (χ3v) is 4.83. The van der Waals surface area contributed by atoms with Gasteiger partial charge in [-0.3, -0.25) is 15.0 Å². The molecule has 1 fully saturated rings. The second-order valence-electron chi connectivity index (χ2n) is 6.77. The van der Waals surface area contributed by atoms with Crippen LogP contribution in [0.2, 0.25) is 0 Å². The Bertz CT molecular complexity index is 768. The molecule has 1 aliphatic heterocycles. The molecule has 1 aromatic carbocycles. The number of non-ortho nitro benzene ring substituents is 1. The smallest absolute Gasteiger partial charge is 0.269 e. The molecule has 0 amide bonds. The van der Waals surface area contributed by atoms with Crippen LogP contribution in [-0.4, -0.2) is 42.0 Å². The number of nitro groups is 1. The zero-order valence-electron chi connectivity index (χ0n) is 16.1. The first-order valence-electron chi connectivity index (χ1n) is 9.70. The average molecular weight is 385 g/mol. The van der Waals surface area contributed by atoms with Crippen molar-refractivity contribution in [3.05, 3.63) is 64.1 Å². The van der Waals surface area contributed by atoms with Gasteiger partial charge in [0.15, 0.2) is 5.96 Å². The first-order valence-corrected chi connectivity index (χ1v) is 9.70. The van der Waals surface area contributed by atoms with Crippen molar-refractivity contribution < 1.29 is 9.34 Å². The Kier molecular flexibility index (Phi) is 7.02. The van der Waals surface area contributed by atoms with Gasteiger partial charge in [0, 0.05) is 25.2 Å². The molecule has 0 aliphatic carbocycles. The molecule has 1 unspecified atom stereocenters. The van der Waals surface area contributed by atoms with E-state index in [0.717, 1.165) is 36.9 Å². The van der Waals surface area contributed by atoms with E-state index in [-0.39, 0.29) is 11.7 Å².